The van der Waals surface area contributed by atoms with Crippen LogP contribution < -0.4 is 4.90 Å². The number of anilines is 1. The lowest BCUT2D eigenvalue weighted by molar-refractivity contribution is 0.199. The van der Waals surface area contributed by atoms with Crippen LogP contribution in [0.5, 0.6) is 0 Å². The second-order valence-corrected chi connectivity index (χ2v) is 5.52. The number of para-hydroxylation sites is 1. The highest BCUT2D eigenvalue weighted by Gasteiger charge is 2.17. The molecule has 0 aliphatic carbocycles. The summed E-state index contributed by atoms with van der Waals surface area (Å²) in [6.45, 7) is 3.99. The number of benzene rings is 1. The van der Waals surface area contributed by atoms with Crippen LogP contribution in [0.15, 0.2) is 41.8 Å². The lowest BCUT2D eigenvalue weighted by Crippen LogP contribution is -2.22. The Morgan fingerprint density at radius 3 is 2.44 bits per heavy atom. The fourth-order valence-electron chi connectivity index (χ4n) is 2.09. The summed E-state index contributed by atoms with van der Waals surface area (Å²) in [6, 6.07) is 12.6. The zero-order chi connectivity index (χ0) is 13.1. The summed E-state index contributed by atoms with van der Waals surface area (Å²) < 4.78 is 0. The highest BCUT2D eigenvalue weighted by atomic mass is 32.1. The SMILES string of the molecule is CC(O)c1ccccc1N(C)C(C)c1cccs1. The van der Waals surface area contributed by atoms with Crippen LogP contribution in [0.1, 0.15) is 36.4 Å². The minimum absolute atomic E-state index is 0.310. The molecule has 0 spiro atoms. The molecule has 2 rings (SSSR count). The molecule has 0 amide bonds. The van der Waals surface area contributed by atoms with Crippen molar-refractivity contribution >= 4 is 17.0 Å². The summed E-state index contributed by atoms with van der Waals surface area (Å²) in [7, 11) is 2.08. The van der Waals surface area contributed by atoms with E-state index in [4.69, 9.17) is 0 Å². The van der Waals surface area contributed by atoms with E-state index in [1.54, 1.807) is 11.3 Å². The monoisotopic (exact) mass is 261 g/mol. The smallest absolute Gasteiger partial charge is 0.0781 e. The van der Waals surface area contributed by atoms with Gasteiger partial charge in [0, 0.05) is 23.2 Å². The minimum Gasteiger partial charge on any atom is -0.389 e. The fraction of sp³-hybridized carbons (Fsp3) is 0.333. The third-order valence-corrected chi connectivity index (χ3v) is 4.35. The van der Waals surface area contributed by atoms with Gasteiger partial charge in [0.15, 0.2) is 0 Å². The average molecular weight is 261 g/mol. The Hall–Kier alpha value is -1.32. The molecule has 2 atom stereocenters. The second kappa shape index (κ2) is 5.55. The fourth-order valence-corrected chi connectivity index (χ4v) is 2.92. The molecule has 0 bridgehead atoms. The Bertz CT molecular complexity index is 493. The van der Waals surface area contributed by atoms with Crippen molar-refractivity contribution in [2.24, 2.45) is 0 Å². The molecule has 2 unspecified atom stereocenters. The van der Waals surface area contributed by atoms with E-state index < -0.39 is 6.10 Å². The second-order valence-electron chi connectivity index (χ2n) is 4.54. The van der Waals surface area contributed by atoms with Gasteiger partial charge >= 0.3 is 0 Å². The number of hydrogen-bond donors (Lipinski definition) is 1. The number of hydrogen-bond acceptors (Lipinski definition) is 3. The van der Waals surface area contributed by atoms with Crippen molar-refractivity contribution in [1.29, 1.82) is 0 Å². The molecule has 1 heterocycles. The van der Waals surface area contributed by atoms with Crippen molar-refractivity contribution < 1.29 is 5.11 Å². The molecule has 3 heteroatoms. The molecule has 0 fully saturated rings. The molecule has 0 aliphatic rings. The van der Waals surface area contributed by atoms with Crippen molar-refractivity contribution in [3.05, 3.63) is 52.2 Å². The van der Waals surface area contributed by atoms with Gasteiger partial charge in [0.1, 0.15) is 0 Å². The first-order chi connectivity index (χ1) is 8.61. The van der Waals surface area contributed by atoms with Gasteiger partial charge < -0.3 is 10.0 Å². The van der Waals surface area contributed by atoms with E-state index in [1.165, 1.54) is 4.88 Å². The molecule has 1 aromatic carbocycles. The zero-order valence-corrected chi connectivity index (χ0v) is 11.8. The average Bonchev–Trinajstić information content (AvgIpc) is 2.90. The molecular formula is C15H19NOS. The van der Waals surface area contributed by atoms with E-state index in [-0.39, 0.29) is 0 Å². The third kappa shape index (κ3) is 2.57. The van der Waals surface area contributed by atoms with Crippen molar-refractivity contribution in [2.75, 3.05) is 11.9 Å². The maximum atomic E-state index is 9.84. The Kier molecular flexibility index (Phi) is 4.04. The zero-order valence-electron chi connectivity index (χ0n) is 11.0. The summed E-state index contributed by atoms with van der Waals surface area (Å²) in [5.74, 6) is 0. The Morgan fingerprint density at radius 1 is 1.11 bits per heavy atom. The standard InChI is InChI=1S/C15H19NOS/c1-11(15-9-6-10-18-15)16(3)14-8-5-4-7-13(14)12(2)17/h4-12,17H,1-3H3. The van der Waals surface area contributed by atoms with Crippen LogP contribution in [-0.4, -0.2) is 12.2 Å². The van der Waals surface area contributed by atoms with E-state index in [0.717, 1.165) is 11.3 Å². The van der Waals surface area contributed by atoms with Gasteiger partial charge in [-0.3, -0.25) is 0 Å². The van der Waals surface area contributed by atoms with Gasteiger partial charge in [0.05, 0.1) is 12.1 Å². The van der Waals surface area contributed by atoms with E-state index >= 15 is 0 Å². The van der Waals surface area contributed by atoms with E-state index in [9.17, 15) is 5.11 Å². The lowest BCUT2D eigenvalue weighted by Gasteiger charge is -2.29. The molecule has 0 saturated heterocycles. The summed E-state index contributed by atoms with van der Waals surface area (Å²) in [5, 5.41) is 11.9. The summed E-state index contributed by atoms with van der Waals surface area (Å²) in [4.78, 5) is 3.55. The molecule has 2 aromatic rings. The van der Waals surface area contributed by atoms with Crippen LogP contribution in [-0.2, 0) is 0 Å². The summed E-state index contributed by atoms with van der Waals surface area (Å²) in [6.07, 6.45) is -0.445. The number of rotatable bonds is 4. The van der Waals surface area contributed by atoms with Crippen molar-refractivity contribution in [2.45, 2.75) is 26.0 Å². The van der Waals surface area contributed by atoms with Gasteiger partial charge in [-0.15, -0.1) is 11.3 Å². The van der Waals surface area contributed by atoms with Gasteiger partial charge in [-0.05, 0) is 31.4 Å². The van der Waals surface area contributed by atoms with Crippen molar-refractivity contribution in [3.63, 3.8) is 0 Å². The van der Waals surface area contributed by atoms with Gasteiger partial charge in [0.2, 0.25) is 0 Å². The first-order valence-electron chi connectivity index (χ1n) is 6.14. The molecule has 1 N–H and O–H groups in total. The molecule has 1 aromatic heterocycles. The first-order valence-corrected chi connectivity index (χ1v) is 7.02. The van der Waals surface area contributed by atoms with Crippen LogP contribution in [0.25, 0.3) is 0 Å². The minimum atomic E-state index is -0.445. The molecule has 0 saturated carbocycles. The van der Waals surface area contributed by atoms with Gasteiger partial charge in [-0.2, -0.15) is 0 Å². The van der Waals surface area contributed by atoms with Gasteiger partial charge in [-0.1, -0.05) is 24.3 Å². The Labute approximate surface area is 113 Å². The molecule has 18 heavy (non-hydrogen) atoms. The maximum Gasteiger partial charge on any atom is 0.0781 e. The first kappa shape index (κ1) is 13.1. The van der Waals surface area contributed by atoms with E-state index in [0.29, 0.717) is 6.04 Å². The molecule has 2 nitrogen and oxygen atoms in total. The van der Waals surface area contributed by atoms with Gasteiger partial charge in [0.25, 0.3) is 0 Å². The topological polar surface area (TPSA) is 23.5 Å². The predicted molar refractivity (Wildman–Crippen MR) is 78.2 cm³/mol. The van der Waals surface area contributed by atoms with Gasteiger partial charge in [-0.25, -0.2) is 0 Å². The molecule has 0 radical (unpaired) electrons. The number of aliphatic hydroxyl groups is 1. The van der Waals surface area contributed by atoms with Crippen LogP contribution >= 0.6 is 11.3 Å². The largest absolute Gasteiger partial charge is 0.389 e. The normalized spacial score (nSPS) is 14.2. The van der Waals surface area contributed by atoms with Crippen LogP contribution in [0.4, 0.5) is 5.69 Å². The molecule has 0 aliphatic heterocycles. The Balaban J connectivity index is 2.31. The summed E-state index contributed by atoms with van der Waals surface area (Å²) in [5.41, 5.74) is 2.07. The number of nitrogens with zero attached hydrogens (tertiary/aromatic N) is 1. The van der Waals surface area contributed by atoms with Crippen molar-refractivity contribution in [1.82, 2.24) is 0 Å². The van der Waals surface area contributed by atoms with Crippen LogP contribution in [0.2, 0.25) is 0 Å². The molecular weight excluding hydrogens is 242 g/mol. The quantitative estimate of drug-likeness (QED) is 0.899. The Morgan fingerprint density at radius 2 is 1.83 bits per heavy atom. The summed E-state index contributed by atoms with van der Waals surface area (Å²) >= 11 is 1.76. The highest BCUT2D eigenvalue weighted by Crippen LogP contribution is 2.32. The van der Waals surface area contributed by atoms with Crippen molar-refractivity contribution in [3.8, 4) is 0 Å². The van der Waals surface area contributed by atoms with Crippen LogP contribution in [0.3, 0.4) is 0 Å². The highest BCUT2D eigenvalue weighted by molar-refractivity contribution is 7.10. The third-order valence-electron chi connectivity index (χ3n) is 3.30. The number of aliphatic hydroxyl groups excluding tert-OH is 1. The molecule has 96 valence electrons. The van der Waals surface area contributed by atoms with E-state index in [1.807, 2.05) is 25.1 Å². The maximum absolute atomic E-state index is 9.84. The number of thiophene rings is 1. The predicted octanol–water partition coefficient (Wildman–Crippen LogP) is 4.00. The lowest BCUT2D eigenvalue weighted by atomic mass is 10.1. The van der Waals surface area contributed by atoms with E-state index in [2.05, 4.69) is 42.5 Å². The van der Waals surface area contributed by atoms with Crippen LogP contribution in [0, 0.1) is 0 Å².